The maximum Gasteiger partial charge on any atom is 0.274 e. The van der Waals surface area contributed by atoms with Crippen molar-refractivity contribution in [3.8, 4) is 0 Å². The minimum Gasteiger partial charge on any atom is -0.355 e. The van der Waals surface area contributed by atoms with Gasteiger partial charge in [0.1, 0.15) is 11.4 Å². The summed E-state index contributed by atoms with van der Waals surface area (Å²) in [7, 11) is 0. The molecule has 0 radical (unpaired) electrons. The second-order valence-corrected chi connectivity index (χ2v) is 7.74. The van der Waals surface area contributed by atoms with E-state index in [4.69, 9.17) is 11.6 Å². The van der Waals surface area contributed by atoms with Gasteiger partial charge >= 0.3 is 0 Å². The standard InChI is InChI=1S/C20H20ClN3O2/c1-19(18(26)23-16-8-4-5-11-24(16)19)12-17(25)22-13-20(9-10-20)14-6-2-3-7-15(14)21/h2-8,11H,9-10,12-13H2,1H3,(H,22,25). The third-order valence-corrected chi connectivity index (χ3v) is 5.80. The van der Waals surface area contributed by atoms with Crippen molar-refractivity contribution >= 4 is 29.3 Å². The second-order valence-electron chi connectivity index (χ2n) is 7.33. The van der Waals surface area contributed by atoms with Gasteiger partial charge in [-0.2, -0.15) is 4.99 Å². The van der Waals surface area contributed by atoms with Gasteiger partial charge < -0.3 is 10.2 Å². The van der Waals surface area contributed by atoms with E-state index < -0.39 is 5.54 Å². The van der Waals surface area contributed by atoms with E-state index in [9.17, 15) is 9.59 Å². The predicted molar refractivity (Wildman–Crippen MR) is 101 cm³/mol. The Bertz CT molecular complexity index is 870. The Hall–Kier alpha value is -2.40. The van der Waals surface area contributed by atoms with Gasteiger partial charge in [-0.25, -0.2) is 0 Å². The van der Waals surface area contributed by atoms with E-state index in [0.717, 1.165) is 23.4 Å². The summed E-state index contributed by atoms with van der Waals surface area (Å²) in [4.78, 5) is 30.8. The average Bonchev–Trinajstić information content (AvgIpc) is 3.37. The number of allylic oxidation sites excluding steroid dienone is 2. The molecule has 0 bridgehead atoms. The maximum atomic E-state index is 12.6. The molecule has 5 nitrogen and oxygen atoms in total. The lowest BCUT2D eigenvalue weighted by molar-refractivity contribution is -0.131. The van der Waals surface area contributed by atoms with Crippen LogP contribution < -0.4 is 5.32 Å². The van der Waals surface area contributed by atoms with Crippen molar-refractivity contribution in [3.05, 3.63) is 59.3 Å². The third kappa shape index (κ3) is 2.76. The zero-order valence-electron chi connectivity index (χ0n) is 14.5. The molecule has 1 aromatic rings. The second kappa shape index (κ2) is 6.09. The first-order chi connectivity index (χ1) is 12.4. The van der Waals surface area contributed by atoms with Gasteiger partial charge in [0, 0.05) is 23.2 Å². The van der Waals surface area contributed by atoms with E-state index in [1.807, 2.05) is 36.4 Å². The number of carbonyl (C=O) groups is 2. The molecule has 1 unspecified atom stereocenters. The van der Waals surface area contributed by atoms with E-state index in [1.54, 1.807) is 24.1 Å². The summed E-state index contributed by atoms with van der Waals surface area (Å²) in [5.41, 5.74) is 0.0334. The molecule has 1 atom stereocenters. The first kappa shape index (κ1) is 17.0. The average molecular weight is 370 g/mol. The van der Waals surface area contributed by atoms with Crippen LogP contribution >= 0.6 is 11.6 Å². The number of carbonyl (C=O) groups excluding carboxylic acids is 2. The first-order valence-electron chi connectivity index (χ1n) is 8.74. The van der Waals surface area contributed by atoms with Crippen LogP contribution in [0.1, 0.15) is 31.7 Å². The monoisotopic (exact) mass is 369 g/mol. The molecule has 1 N–H and O–H groups in total. The van der Waals surface area contributed by atoms with E-state index in [0.29, 0.717) is 12.4 Å². The molecule has 1 aliphatic carbocycles. The molecule has 134 valence electrons. The summed E-state index contributed by atoms with van der Waals surface area (Å²) in [6.07, 6.45) is 9.30. The van der Waals surface area contributed by atoms with Crippen molar-refractivity contribution in [2.75, 3.05) is 6.54 Å². The molecule has 0 saturated heterocycles. The fourth-order valence-electron chi connectivity index (χ4n) is 3.66. The van der Waals surface area contributed by atoms with Crippen molar-refractivity contribution in [2.45, 2.75) is 37.1 Å². The summed E-state index contributed by atoms with van der Waals surface area (Å²) in [5.74, 6) is 0.146. The number of amides is 2. The summed E-state index contributed by atoms with van der Waals surface area (Å²) in [5, 5.41) is 3.75. The van der Waals surface area contributed by atoms with Crippen molar-refractivity contribution in [3.63, 3.8) is 0 Å². The molecule has 0 spiro atoms. The first-order valence-corrected chi connectivity index (χ1v) is 9.12. The molecule has 2 aliphatic heterocycles. The molecule has 3 aliphatic rings. The Morgan fingerprint density at radius 1 is 1.31 bits per heavy atom. The molecule has 26 heavy (non-hydrogen) atoms. The Morgan fingerprint density at radius 2 is 2.08 bits per heavy atom. The normalized spacial score (nSPS) is 25.1. The van der Waals surface area contributed by atoms with Crippen LogP contribution in [0, 0.1) is 0 Å². The molecule has 1 aromatic carbocycles. The summed E-state index contributed by atoms with van der Waals surface area (Å²) >= 11 is 6.33. The number of hydrogen-bond acceptors (Lipinski definition) is 3. The molecule has 2 amide bonds. The van der Waals surface area contributed by atoms with Gasteiger partial charge in [-0.15, -0.1) is 0 Å². The smallest absolute Gasteiger partial charge is 0.274 e. The van der Waals surface area contributed by atoms with Crippen LogP contribution in [0.5, 0.6) is 0 Å². The lowest BCUT2D eigenvalue weighted by Crippen LogP contribution is -2.50. The summed E-state index contributed by atoms with van der Waals surface area (Å²) in [6, 6.07) is 7.78. The van der Waals surface area contributed by atoms with Crippen molar-refractivity contribution < 1.29 is 9.59 Å². The highest BCUT2D eigenvalue weighted by atomic mass is 35.5. The highest BCUT2D eigenvalue weighted by Gasteiger charge is 2.48. The lowest BCUT2D eigenvalue weighted by atomic mass is 9.93. The number of halogens is 1. The molecule has 4 rings (SSSR count). The summed E-state index contributed by atoms with van der Waals surface area (Å²) < 4.78 is 0. The highest BCUT2D eigenvalue weighted by molar-refractivity contribution is 6.31. The molecule has 2 heterocycles. The minimum absolute atomic E-state index is 0.0651. The number of nitrogens with zero attached hydrogens (tertiary/aromatic N) is 2. The number of hydrogen-bond donors (Lipinski definition) is 1. The number of aliphatic imine (C=N–C) groups is 1. The SMILES string of the molecule is CC1(CC(=O)NCC2(c3ccccc3Cl)CC2)C(=O)N=C2C=CC=CN21. The Morgan fingerprint density at radius 3 is 2.81 bits per heavy atom. The van der Waals surface area contributed by atoms with E-state index in [1.165, 1.54) is 0 Å². The van der Waals surface area contributed by atoms with Crippen LogP contribution in [0.2, 0.25) is 5.02 Å². The molecule has 6 heteroatoms. The van der Waals surface area contributed by atoms with E-state index >= 15 is 0 Å². The topological polar surface area (TPSA) is 61.8 Å². The van der Waals surface area contributed by atoms with Gasteiger partial charge in [-0.05, 0) is 43.5 Å². The van der Waals surface area contributed by atoms with Crippen molar-refractivity contribution in [2.24, 2.45) is 4.99 Å². The Labute approximate surface area is 157 Å². The van der Waals surface area contributed by atoms with Crippen LogP contribution in [-0.4, -0.2) is 34.6 Å². The van der Waals surface area contributed by atoms with Crippen molar-refractivity contribution in [1.29, 1.82) is 0 Å². The maximum absolute atomic E-state index is 12.6. The third-order valence-electron chi connectivity index (χ3n) is 5.47. The van der Waals surface area contributed by atoms with Gasteiger partial charge in [0.05, 0.1) is 6.42 Å². The number of rotatable bonds is 5. The van der Waals surface area contributed by atoms with Gasteiger partial charge in [0.25, 0.3) is 5.91 Å². The number of fused-ring (bicyclic) bond motifs is 1. The van der Waals surface area contributed by atoms with Gasteiger partial charge in [0.15, 0.2) is 0 Å². The van der Waals surface area contributed by atoms with Gasteiger partial charge in [-0.1, -0.05) is 35.9 Å². The molecule has 1 fully saturated rings. The van der Waals surface area contributed by atoms with E-state index in [-0.39, 0.29) is 23.7 Å². The Kier molecular flexibility index (Phi) is 3.99. The molecular weight excluding hydrogens is 350 g/mol. The molecule has 0 aromatic heterocycles. The largest absolute Gasteiger partial charge is 0.355 e. The fourth-order valence-corrected chi connectivity index (χ4v) is 3.99. The zero-order valence-corrected chi connectivity index (χ0v) is 15.3. The predicted octanol–water partition coefficient (Wildman–Crippen LogP) is 2.96. The van der Waals surface area contributed by atoms with Crippen LogP contribution in [0.25, 0.3) is 0 Å². The van der Waals surface area contributed by atoms with Gasteiger partial charge in [0.2, 0.25) is 5.91 Å². The number of benzene rings is 1. The number of nitrogens with one attached hydrogen (secondary N) is 1. The van der Waals surface area contributed by atoms with Crippen LogP contribution in [0.15, 0.2) is 53.7 Å². The number of amidine groups is 1. The van der Waals surface area contributed by atoms with Crippen LogP contribution in [-0.2, 0) is 15.0 Å². The van der Waals surface area contributed by atoms with Crippen LogP contribution in [0.4, 0.5) is 0 Å². The zero-order chi connectivity index (χ0) is 18.4. The Balaban J connectivity index is 1.42. The van der Waals surface area contributed by atoms with E-state index in [2.05, 4.69) is 10.3 Å². The fraction of sp³-hybridized carbons (Fsp3) is 0.350. The lowest BCUT2D eigenvalue weighted by Gasteiger charge is -2.32. The minimum atomic E-state index is -0.970. The quantitative estimate of drug-likeness (QED) is 0.868. The molecular formula is C20H20ClN3O2. The summed E-state index contributed by atoms with van der Waals surface area (Å²) in [6.45, 7) is 2.29. The van der Waals surface area contributed by atoms with Gasteiger partial charge in [-0.3, -0.25) is 9.59 Å². The van der Waals surface area contributed by atoms with Crippen LogP contribution in [0.3, 0.4) is 0 Å². The molecule has 1 saturated carbocycles. The highest BCUT2D eigenvalue weighted by Crippen LogP contribution is 2.49. The van der Waals surface area contributed by atoms with Crippen molar-refractivity contribution in [1.82, 2.24) is 10.2 Å².